The number of carbonyl (C=O) groups is 2. The smallest absolute Gasteiger partial charge is 0.224 e. The van der Waals surface area contributed by atoms with Crippen molar-refractivity contribution in [3.05, 3.63) is 65.9 Å². The number of thiophene rings is 1. The van der Waals surface area contributed by atoms with Gasteiger partial charge in [0.05, 0.1) is 45.2 Å². The molecule has 1 aromatic carbocycles. The van der Waals surface area contributed by atoms with Gasteiger partial charge >= 0.3 is 0 Å². The average Bonchev–Trinajstić information content (AvgIpc) is 3.75. The maximum atomic E-state index is 12.7. The number of amides is 1. The van der Waals surface area contributed by atoms with E-state index < -0.39 is 0 Å². The van der Waals surface area contributed by atoms with E-state index in [0.29, 0.717) is 35.2 Å². The van der Waals surface area contributed by atoms with Crippen LogP contribution in [-0.2, 0) is 4.79 Å². The number of nitrogens with zero attached hydrogens (tertiary/aromatic N) is 4. The van der Waals surface area contributed by atoms with Crippen LogP contribution in [0.25, 0.3) is 55.2 Å². The lowest BCUT2D eigenvalue weighted by atomic mass is 9.94. The summed E-state index contributed by atoms with van der Waals surface area (Å²) in [4.78, 5) is 43.6. The first-order valence-electron chi connectivity index (χ1n) is 13.9. The Morgan fingerprint density at radius 2 is 1.93 bits per heavy atom. The van der Waals surface area contributed by atoms with E-state index in [1.54, 1.807) is 25.5 Å². The second-order valence-corrected chi connectivity index (χ2v) is 11.7. The second kappa shape index (κ2) is 10.9. The van der Waals surface area contributed by atoms with Crippen LogP contribution >= 0.6 is 11.3 Å². The number of hydrogen-bond acceptors (Lipinski definition) is 8. The minimum absolute atomic E-state index is 0.00528. The molecule has 0 spiro atoms. The highest BCUT2D eigenvalue weighted by molar-refractivity contribution is 7.17. The van der Waals surface area contributed by atoms with Crippen molar-refractivity contribution in [1.29, 1.82) is 0 Å². The standard InChI is InChI=1S/C31H28N8O2S/c1-17(40)26-5-6-27(42-26)21-3-2-4-23-29(21)37-31(36-23)30-22-13-24(34-16-25(22)38-39-30)19-12-20(15-33-14-19)35-28(41)11-18-7-9-32-10-8-18/h2-6,12-16,18,32H,7-11H2,1H3,(H,35,41)(H,36,37)(H,38,39). The highest BCUT2D eigenvalue weighted by Gasteiger charge is 2.19. The van der Waals surface area contributed by atoms with Crippen molar-refractivity contribution in [3.8, 4) is 33.2 Å². The summed E-state index contributed by atoms with van der Waals surface area (Å²) in [6.07, 6.45) is 7.68. The van der Waals surface area contributed by atoms with Crippen molar-refractivity contribution in [2.75, 3.05) is 18.4 Å². The molecule has 0 aliphatic carbocycles. The lowest BCUT2D eigenvalue weighted by Gasteiger charge is -2.21. The molecule has 1 fully saturated rings. The highest BCUT2D eigenvalue weighted by Crippen LogP contribution is 2.35. The number of aromatic nitrogens is 6. The third kappa shape index (κ3) is 5.08. The third-order valence-corrected chi connectivity index (χ3v) is 8.87. The number of piperidine rings is 1. The molecule has 5 aromatic heterocycles. The SMILES string of the molecule is CC(=O)c1ccc(-c2cccc3[nH]c(-c4n[nH]c5cnc(-c6cncc(NC(=O)CC7CCNCC7)c6)cc45)nc23)s1. The van der Waals surface area contributed by atoms with Crippen LogP contribution in [0, 0.1) is 5.92 Å². The number of fused-ring (bicyclic) bond motifs is 2. The number of imidazole rings is 1. The van der Waals surface area contributed by atoms with Crippen LogP contribution in [0.4, 0.5) is 5.69 Å². The number of anilines is 1. The number of rotatable bonds is 7. The van der Waals surface area contributed by atoms with E-state index in [1.165, 1.54) is 11.3 Å². The van der Waals surface area contributed by atoms with Gasteiger partial charge in [0, 0.05) is 34.0 Å². The van der Waals surface area contributed by atoms with Gasteiger partial charge in [-0.05, 0) is 69.1 Å². The quantitative estimate of drug-likeness (QED) is 0.175. The first kappa shape index (κ1) is 26.2. The molecule has 11 heteroatoms. The molecule has 1 aliphatic heterocycles. The maximum Gasteiger partial charge on any atom is 0.224 e. The number of nitrogens with one attached hydrogen (secondary N) is 4. The number of hydrogen-bond donors (Lipinski definition) is 4. The van der Waals surface area contributed by atoms with E-state index in [4.69, 9.17) is 4.98 Å². The number of Topliss-reactive ketones (excluding diaryl/α,β-unsaturated/α-hetero) is 1. The molecule has 0 radical (unpaired) electrons. The van der Waals surface area contributed by atoms with Crippen molar-refractivity contribution in [1.82, 2.24) is 35.5 Å². The Morgan fingerprint density at radius 1 is 1.05 bits per heavy atom. The minimum Gasteiger partial charge on any atom is -0.337 e. The first-order valence-corrected chi connectivity index (χ1v) is 14.7. The molecule has 0 bridgehead atoms. The van der Waals surface area contributed by atoms with Crippen LogP contribution in [0.2, 0.25) is 0 Å². The van der Waals surface area contributed by atoms with Crippen LogP contribution in [0.15, 0.2) is 61.1 Å². The van der Waals surface area contributed by atoms with Crippen LogP contribution in [0.1, 0.15) is 35.9 Å². The number of aromatic amines is 2. The molecule has 210 valence electrons. The molecule has 1 aliphatic rings. The maximum absolute atomic E-state index is 12.7. The molecule has 0 atom stereocenters. The zero-order valence-electron chi connectivity index (χ0n) is 22.9. The van der Waals surface area contributed by atoms with Crippen molar-refractivity contribution in [3.63, 3.8) is 0 Å². The average molecular weight is 577 g/mol. The lowest BCUT2D eigenvalue weighted by molar-refractivity contribution is -0.117. The number of pyridine rings is 2. The fourth-order valence-corrected chi connectivity index (χ4v) is 6.41. The Labute approximate surface area is 245 Å². The number of ketones is 1. The van der Waals surface area contributed by atoms with Gasteiger partial charge in [0.2, 0.25) is 5.91 Å². The van der Waals surface area contributed by atoms with E-state index in [1.807, 2.05) is 42.5 Å². The molecule has 42 heavy (non-hydrogen) atoms. The third-order valence-electron chi connectivity index (χ3n) is 7.65. The summed E-state index contributed by atoms with van der Waals surface area (Å²) in [6, 6.07) is 13.6. The van der Waals surface area contributed by atoms with E-state index in [0.717, 1.165) is 68.7 Å². The lowest BCUT2D eigenvalue weighted by Crippen LogP contribution is -2.30. The van der Waals surface area contributed by atoms with Crippen molar-refractivity contribution in [2.24, 2.45) is 5.92 Å². The molecule has 10 nitrogen and oxygen atoms in total. The molecular formula is C31H28N8O2S. The van der Waals surface area contributed by atoms with Gasteiger partial charge in [0.1, 0.15) is 5.69 Å². The summed E-state index contributed by atoms with van der Waals surface area (Å²) >= 11 is 1.46. The summed E-state index contributed by atoms with van der Waals surface area (Å²) < 4.78 is 0. The largest absolute Gasteiger partial charge is 0.337 e. The summed E-state index contributed by atoms with van der Waals surface area (Å²) in [6.45, 7) is 3.50. The highest BCUT2D eigenvalue weighted by atomic mass is 32.1. The van der Waals surface area contributed by atoms with E-state index in [-0.39, 0.29) is 11.7 Å². The summed E-state index contributed by atoms with van der Waals surface area (Å²) in [5, 5.41) is 14.8. The predicted molar refractivity (Wildman–Crippen MR) is 164 cm³/mol. The van der Waals surface area contributed by atoms with Crippen LogP contribution < -0.4 is 10.6 Å². The fourth-order valence-electron chi connectivity index (χ4n) is 5.48. The Balaban J connectivity index is 1.19. The first-order chi connectivity index (χ1) is 20.5. The van der Waals surface area contributed by atoms with Crippen molar-refractivity contribution < 1.29 is 9.59 Å². The number of benzene rings is 1. The van der Waals surface area contributed by atoms with E-state index in [2.05, 4.69) is 35.8 Å². The molecule has 0 saturated carbocycles. The van der Waals surface area contributed by atoms with Gasteiger partial charge in [0.15, 0.2) is 11.6 Å². The Hall–Kier alpha value is -4.74. The molecule has 7 rings (SSSR count). The second-order valence-electron chi connectivity index (χ2n) is 10.6. The number of para-hydroxylation sites is 1. The van der Waals surface area contributed by atoms with Gasteiger partial charge < -0.3 is 15.6 Å². The Morgan fingerprint density at radius 3 is 2.76 bits per heavy atom. The zero-order chi connectivity index (χ0) is 28.6. The molecule has 1 amide bonds. The number of carbonyl (C=O) groups excluding carboxylic acids is 2. The zero-order valence-corrected chi connectivity index (χ0v) is 23.7. The van der Waals surface area contributed by atoms with E-state index in [9.17, 15) is 9.59 Å². The van der Waals surface area contributed by atoms with Crippen molar-refractivity contribution >= 4 is 50.7 Å². The fraction of sp³-hybridized carbons (Fsp3) is 0.226. The summed E-state index contributed by atoms with van der Waals surface area (Å²) in [5.74, 6) is 1.09. The predicted octanol–water partition coefficient (Wildman–Crippen LogP) is 5.82. The van der Waals surface area contributed by atoms with Gasteiger partial charge in [-0.2, -0.15) is 5.10 Å². The van der Waals surface area contributed by atoms with Crippen LogP contribution in [0.3, 0.4) is 0 Å². The van der Waals surface area contributed by atoms with E-state index >= 15 is 0 Å². The molecule has 4 N–H and O–H groups in total. The molecule has 6 heterocycles. The monoisotopic (exact) mass is 576 g/mol. The normalized spacial score (nSPS) is 14.0. The molecule has 1 saturated heterocycles. The van der Waals surface area contributed by atoms with Gasteiger partial charge in [-0.3, -0.25) is 24.7 Å². The topological polar surface area (TPSA) is 141 Å². The summed E-state index contributed by atoms with van der Waals surface area (Å²) in [5.41, 5.74) is 6.24. The van der Waals surface area contributed by atoms with Crippen LogP contribution in [0.5, 0.6) is 0 Å². The Kier molecular flexibility index (Phi) is 6.80. The van der Waals surface area contributed by atoms with Crippen LogP contribution in [-0.4, -0.2) is 54.9 Å². The molecule has 6 aromatic rings. The van der Waals surface area contributed by atoms with Gasteiger partial charge in [-0.25, -0.2) is 4.98 Å². The molecular weight excluding hydrogens is 548 g/mol. The van der Waals surface area contributed by atoms with Gasteiger partial charge in [-0.15, -0.1) is 11.3 Å². The Bertz CT molecular complexity index is 1950. The number of H-pyrrole nitrogens is 2. The minimum atomic E-state index is 0.00528. The van der Waals surface area contributed by atoms with Gasteiger partial charge in [0.25, 0.3) is 0 Å². The molecule has 0 unspecified atom stereocenters. The van der Waals surface area contributed by atoms with Crippen molar-refractivity contribution in [2.45, 2.75) is 26.2 Å². The van der Waals surface area contributed by atoms with Gasteiger partial charge in [-0.1, -0.05) is 12.1 Å². The summed E-state index contributed by atoms with van der Waals surface area (Å²) in [7, 11) is 0.